The minimum absolute atomic E-state index is 0.139. The number of carbonyl (C=O) groups excluding carboxylic acids is 3. The van der Waals surface area contributed by atoms with Gasteiger partial charge in [0, 0.05) is 45.4 Å². The largest absolute Gasteiger partial charge is 0.467 e. The van der Waals surface area contributed by atoms with E-state index in [1.807, 2.05) is 31.1 Å². The SMILES string of the molecule is COC(=O)C1CN(C(=O)c2ccc(N(C)C)cc2)CCN1C(C)=O. The molecule has 0 spiro atoms. The molecule has 7 heteroatoms. The van der Waals surface area contributed by atoms with Crippen LogP contribution < -0.4 is 4.90 Å². The first kappa shape index (κ1) is 17.8. The van der Waals surface area contributed by atoms with Crippen molar-refractivity contribution in [3.8, 4) is 0 Å². The number of rotatable bonds is 3. The van der Waals surface area contributed by atoms with Gasteiger partial charge in [-0.3, -0.25) is 9.59 Å². The highest BCUT2D eigenvalue weighted by atomic mass is 16.5. The van der Waals surface area contributed by atoms with Gasteiger partial charge in [0.25, 0.3) is 5.91 Å². The highest BCUT2D eigenvalue weighted by Crippen LogP contribution is 2.17. The van der Waals surface area contributed by atoms with Gasteiger partial charge in [-0.25, -0.2) is 4.79 Å². The third-order valence-corrected chi connectivity index (χ3v) is 4.18. The van der Waals surface area contributed by atoms with Crippen molar-refractivity contribution in [2.75, 3.05) is 45.7 Å². The fraction of sp³-hybridized carbons (Fsp3) is 0.471. The van der Waals surface area contributed by atoms with Crippen LogP contribution in [0.4, 0.5) is 5.69 Å². The fourth-order valence-corrected chi connectivity index (χ4v) is 2.77. The van der Waals surface area contributed by atoms with E-state index in [1.54, 1.807) is 17.0 Å². The second-order valence-electron chi connectivity index (χ2n) is 5.94. The zero-order valence-electron chi connectivity index (χ0n) is 14.5. The van der Waals surface area contributed by atoms with E-state index in [1.165, 1.54) is 18.9 Å². The third-order valence-electron chi connectivity index (χ3n) is 4.18. The molecule has 1 aliphatic heterocycles. The van der Waals surface area contributed by atoms with E-state index in [2.05, 4.69) is 0 Å². The maximum absolute atomic E-state index is 12.7. The Bertz CT molecular complexity index is 627. The molecule has 0 N–H and O–H groups in total. The van der Waals surface area contributed by atoms with Crippen molar-refractivity contribution in [3.63, 3.8) is 0 Å². The predicted octanol–water partition coefficient (Wildman–Crippen LogP) is 0.598. The van der Waals surface area contributed by atoms with Crippen LogP contribution in [0.1, 0.15) is 17.3 Å². The number of benzene rings is 1. The number of anilines is 1. The number of methoxy groups -OCH3 is 1. The Balaban J connectivity index is 2.15. The van der Waals surface area contributed by atoms with E-state index in [0.29, 0.717) is 18.7 Å². The molecule has 1 unspecified atom stereocenters. The van der Waals surface area contributed by atoms with E-state index >= 15 is 0 Å². The summed E-state index contributed by atoms with van der Waals surface area (Å²) in [4.78, 5) is 41.3. The van der Waals surface area contributed by atoms with Gasteiger partial charge in [-0.1, -0.05) is 0 Å². The molecule has 0 saturated carbocycles. The number of nitrogens with zero attached hydrogens (tertiary/aromatic N) is 3. The van der Waals surface area contributed by atoms with Gasteiger partial charge >= 0.3 is 5.97 Å². The highest BCUT2D eigenvalue weighted by molar-refractivity contribution is 5.95. The molecular formula is C17H23N3O4. The van der Waals surface area contributed by atoms with Crippen LogP contribution in [-0.2, 0) is 14.3 Å². The molecule has 2 rings (SSSR count). The van der Waals surface area contributed by atoms with Crippen LogP contribution in [0.25, 0.3) is 0 Å². The summed E-state index contributed by atoms with van der Waals surface area (Å²) < 4.78 is 4.77. The molecule has 1 fully saturated rings. The molecule has 1 aromatic carbocycles. The van der Waals surface area contributed by atoms with Crippen molar-refractivity contribution in [1.29, 1.82) is 0 Å². The van der Waals surface area contributed by atoms with Gasteiger partial charge in [-0.05, 0) is 24.3 Å². The number of hydrogen-bond acceptors (Lipinski definition) is 5. The summed E-state index contributed by atoms with van der Waals surface area (Å²) in [5, 5.41) is 0. The molecule has 0 aromatic heterocycles. The Morgan fingerprint density at radius 3 is 2.25 bits per heavy atom. The maximum Gasteiger partial charge on any atom is 0.330 e. The molecule has 24 heavy (non-hydrogen) atoms. The number of piperazine rings is 1. The van der Waals surface area contributed by atoms with Crippen molar-refractivity contribution in [3.05, 3.63) is 29.8 Å². The van der Waals surface area contributed by atoms with Gasteiger partial charge in [0.05, 0.1) is 13.7 Å². The normalized spacial score (nSPS) is 17.4. The molecule has 0 bridgehead atoms. The average Bonchev–Trinajstić information content (AvgIpc) is 2.59. The van der Waals surface area contributed by atoms with Crippen molar-refractivity contribution in [2.24, 2.45) is 0 Å². The summed E-state index contributed by atoms with van der Waals surface area (Å²) in [7, 11) is 5.14. The Kier molecular flexibility index (Phi) is 5.43. The van der Waals surface area contributed by atoms with Crippen LogP contribution in [0.5, 0.6) is 0 Å². The summed E-state index contributed by atoms with van der Waals surface area (Å²) in [6.07, 6.45) is 0. The lowest BCUT2D eigenvalue weighted by Crippen LogP contribution is -2.59. The average molecular weight is 333 g/mol. The summed E-state index contributed by atoms with van der Waals surface area (Å²) in [5.74, 6) is -0.865. The van der Waals surface area contributed by atoms with E-state index in [0.717, 1.165) is 5.69 Å². The second-order valence-corrected chi connectivity index (χ2v) is 5.94. The van der Waals surface area contributed by atoms with Crippen LogP contribution in [0.2, 0.25) is 0 Å². The first-order valence-electron chi connectivity index (χ1n) is 7.77. The standard InChI is InChI=1S/C17H23N3O4/c1-12(21)20-10-9-19(11-15(20)17(23)24-4)16(22)13-5-7-14(8-6-13)18(2)3/h5-8,15H,9-11H2,1-4H3. The number of amides is 2. The van der Waals surface area contributed by atoms with Crippen LogP contribution in [0.3, 0.4) is 0 Å². The first-order valence-corrected chi connectivity index (χ1v) is 7.77. The first-order chi connectivity index (χ1) is 11.3. The van der Waals surface area contributed by atoms with E-state index < -0.39 is 12.0 Å². The van der Waals surface area contributed by atoms with E-state index in [4.69, 9.17) is 4.74 Å². The summed E-state index contributed by atoms with van der Waals surface area (Å²) >= 11 is 0. The summed E-state index contributed by atoms with van der Waals surface area (Å²) in [6.45, 7) is 2.26. The minimum Gasteiger partial charge on any atom is -0.467 e. The van der Waals surface area contributed by atoms with E-state index in [9.17, 15) is 14.4 Å². The Morgan fingerprint density at radius 1 is 1.12 bits per heavy atom. The van der Waals surface area contributed by atoms with Gasteiger partial charge in [-0.15, -0.1) is 0 Å². The summed E-state index contributed by atoms with van der Waals surface area (Å²) in [5.41, 5.74) is 1.56. The Labute approximate surface area is 141 Å². The zero-order valence-corrected chi connectivity index (χ0v) is 14.5. The van der Waals surface area contributed by atoms with Crippen molar-refractivity contribution >= 4 is 23.5 Å². The molecule has 0 aliphatic carbocycles. The monoisotopic (exact) mass is 333 g/mol. The van der Waals surface area contributed by atoms with Crippen molar-refractivity contribution in [1.82, 2.24) is 9.80 Å². The van der Waals surface area contributed by atoms with Gasteiger partial charge in [-0.2, -0.15) is 0 Å². The van der Waals surface area contributed by atoms with Crippen molar-refractivity contribution in [2.45, 2.75) is 13.0 Å². The molecule has 1 aliphatic rings. The Hall–Kier alpha value is -2.57. The van der Waals surface area contributed by atoms with Crippen LogP contribution in [-0.4, -0.2) is 74.5 Å². The van der Waals surface area contributed by atoms with Crippen LogP contribution in [0, 0.1) is 0 Å². The topological polar surface area (TPSA) is 70.2 Å². The van der Waals surface area contributed by atoms with Crippen molar-refractivity contribution < 1.29 is 19.1 Å². The molecule has 1 atom stereocenters. The molecule has 130 valence electrons. The lowest BCUT2D eigenvalue weighted by molar-refractivity contribution is -0.154. The van der Waals surface area contributed by atoms with Crippen LogP contribution in [0.15, 0.2) is 24.3 Å². The van der Waals surface area contributed by atoms with Gasteiger partial charge in [0.2, 0.25) is 5.91 Å². The van der Waals surface area contributed by atoms with Gasteiger partial charge in [0.15, 0.2) is 0 Å². The number of carbonyl (C=O) groups is 3. The third kappa shape index (κ3) is 3.67. The molecule has 7 nitrogen and oxygen atoms in total. The lowest BCUT2D eigenvalue weighted by atomic mass is 10.1. The molecule has 1 heterocycles. The molecular weight excluding hydrogens is 310 g/mol. The fourth-order valence-electron chi connectivity index (χ4n) is 2.77. The number of ether oxygens (including phenoxy) is 1. The predicted molar refractivity (Wildman–Crippen MR) is 89.9 cm³/mol. The minimum atomic E-state index is -0.758. The molecule has 1 saturated heterocycles. The molecule has 1 aromatic rings. The smallest absolute Gasteiger partial charge is 0.330 e. The number of esters is 1. The maximum atomic E-state index is 12.7. The highest BCUT2D eigenvalue weighted by Gasteiger charge is 2.36. The lowest BCUT2D eigenvalue weighted by Gasteiger charge is -2.39. The van der Waals surface area contributed by atoms with Gasteiger partial charge < -0.3 is 19.4 Å². The zero-order chi connectivity index (χ0) is 17.9. The second kappa shape index (κ2) is 7.33. The van der Waals surface area contributed by atoms with E-state index in [-0.39, 0.29) is 18.4 Å². The molecule has 2 amide bonds. The quantitative estimate of drug-likeness (QED) is 0.758. The molecule has 0 radical (unpaired) electrons. The van der Waals surface area contributed by atoms with Gasteiger partial charge in [0.1, 0.15) is 6.04 Å². The van der Waals surface area contributed by atoms with Crippen LogP contribution >= 0.6 is 0 Å². The Morgan fingerprint density at radius 2 is 1.75 bits per heavy atom. The summed E-state index contributed by atoms with van der Waals surface area (Å²) in [6, 6.07) is 6.52. The number of hydrogen-bond donors (Lipinski definition) is 0.